The Bertz CT molecular complexity index is 811. The first-order valence-electron chi connectivity index (χ1n) is 8.83. The van der Waals surface area contributed by atoms with E-state index in [1.54, 1.807) is 17.6 Å². The molecule has 0 radical (unpaired) electrons. The molecule has 8 heteroatoms. The second-order valence-electron chi connectivity index (χ2n) is 5.98. The van der Waals surface area contributed by atoms with Gasteiger partial charge < -0.3 is 15.1 Å². The summed E-state index contributed by atoms with van der Waals surface area (Å²) in [6, 6.07) is 8.08. The monoisotopic (exact) mass is 499 g/mol. The van der Waals surface area contributed by atoms with Gasteiger partial charge in [-0.3, -0.25) is 4.68 Å². The third kappa shape index (κ3) is 6.69. The van der Waals surface area contributed by atoms with Crippen LogP contribution in [-0.4, -0.2) is 22.3 Å². The van der Waals surface area contributed by atoms with E-state index in [1.165, 1.54) is 10.4 Å². The lowest BCUT2D eigenvalue weighted by Crippen LogP contribution is -2.38. The molecule has 0 aliphatic heterocycles. The zero-order valence-electron chi connectivity index (χ0n) is 15.6. The van der Waals surface area contributed by atoms with Crippen LogP contribution in [0.2, 0.25) is 0 Å². The number of guanidine groups is 1. The molecule has 27 heavy (non-hydrogen) atoms. The number of aliphatic imine (C=N–C) groups is 1. The van der Waals surface area contributed by atoms with Crippen molar-refractivity contribution in [3.63, 3.8) is 0 Å². The van der Waals surface area contributed by atoms with Gasteiger partial charge in [0.1, 0.15) is 5.76 Å². The van der Waals surface area contributed by atoms with Gasteiger partial charge in [0, 0.05) is 36.7 Å². The second-order valence-corrected chi connectivity index (χ2v) is 7.01. The van der Waals surface area contributed by atoms with Gasteiger partial charge in [-0.05, 0) is 30.0 Å². The number of furan rings is 1. The van der Waals surface area contributed by atoms with Crippen LogP contribution in [0.1, 0.15) is 28.8 Å². The van der Waals surface area contributed by atoms with Gasteiger partial charge in [0.05, 0.1) is 25.0 Å². The first-order chi connectivity index (χ1) is 12.7. The number of aromatic nitrogens is 2. The smallest absolute Gasteiger partial charge is 0.191 e. The van der Waals surface area contributed by atoms with E-state index in [2.05, 4.69) is 40.2 Å². The van der Waals surface area contributed by atoms with Crippen LogP contribution >= 0.6 is 35.3 Å². The van der Waals surface area contributed by atoms with Crippen LogP contribution in [0, 0.1) is 0 Å². The highest BCUT2D eigenvalue weighted by Gasteiger charge is 2.07. The number of nitrogens with one attached hydrogen (secondary N) is 2. The van der Waals surface area contributed by atoms with Crippen LogP contribution < -0.4 is 10.6 Å². The average Bonchev–Trinajstić information content (AvgIpc) is 3.38. The summed E-state index contributed by atoms with van der Waals surface area (Å²) in [6.45, 7) is 4.25. The van der Waals surface area contributed by atoms with Crippen molar-refractivity contribution in [3.05, 3.63) is 64.0 Å². The quantitative estimate of drug-likeness (QED) is 0.282. The molecule has 6 nitrogen and oxygen atoms in total. The third-order valence-corrected chi connectivity index (χ3v) is 4.86. The molecule has 3 heterocycles. The summed E-state index contributed by atoms with van der Waals surface area (Å²) in [4.78, 5) is 6.03. The molecule has 0 aromatic carbocycles. The molecule has 0 unspecified atom stereocenters. The molecule has 0 aliphatic rings. The van der Waals surface area contributed by atoms with Crippen molar-refractivity contribution < 1.29 is 4.42 Å². The molecule has 3 rings (SSSR count). The molecular weight excluding hydrogens is 473 g/mol. The van der Waals surface area contributed by atoms with Crippen molar-refractivity contribution >= 4 is 41.3 Å². The van der Waals surface area contributed by atoms with Gasteiger partial charge >= 0.3 is 0 Å². The molecule has 3 aromatic heterocycles. The SMILES string of the molecule is CCc1nn(C)cc1CN=C(NCCc1ccco1)NCc1cccs1.I. The Morgan fingerprint density at radius 3 is 2.89 bits per heavy atom. The normalized spacial score (nSPS) is 11.3. The highest BCUT2D eigenvalue weighted by atomic mass is 127. The van der Waals surface area contributed by atoms with E-state index in [4.69, 9.17) is 9.41 Å². The van der Waals surface area contributed by atoms with E-state index in [0.29, 0.717) is 6.54 Å². The Hall–Kier alpha value is -1.81. The topological polar surface area (TPSA) is 67.4 Å². The summed E-state index contributed by atoms with van der Waals surface area (Å²) >= 11 is 1.74. The molecule has 0 spiro atoms. The maximum atomic E-state index is 5.39. The molecule has 2 N–H and O–H groups in total. The zero-order valence-corrected chi connectivity index (χ0v) is 18.8. The lowest BCUT2D eigenvalue weighted by atomic mass is 10.2. The molecule has 0 fully saturated rings. The molecule has 0 bridgehead atoms. The van der Waals surface area contributed by atoms with Crippen LogP contribution in [0.3, 0.4) is 0 Å². The number of aryl methyl sites for hydroxylation is 2. The molecule has 0 saturated heterocycles. The highest BCUT2D eigenvalue weighted by Crippen LogP contribution is 2.09. The average molecular weight is 499 g/mol. The van der Waals surface area contributed by atoms with Crippen LogP contribution in [0.15, 0.2) is 51.5 Å². The Balaban J connectivity index is 0.00000261. The minimum atomic E-state index is 0. The molecule has 3 aromatic rings. The Labute approximate surface area is 181 Å². The molecule has 0 atom stereocenters. The summed E-state index contributed by atoms with van der Waals surface area (Å²) in [6.07, 6.45) is 5.48. The number of hydrogen-bond donors (Lipinski definition) is 2. The number of rotatable bonds is 8. The summed E-state index contributed by atoms with van der Waals surface area (Å²) < 4.78 is 7.24. The Morgan fingerprint density at radius 1 is 1.30 bits per heavy atom. The van der Waals surface area contributed by atoms with Crippen LogP contribution in [0.5, 0.6) is 0 Å². The lowest BCUT2D eigenvalue weighted by molar-refractivity contribution is 0.506. The second kappa shape index (κ2) is 11.1. The van der Waals surface area contributed by atoms with Gasteiger partial charge in [-0.25, -0.2) is 4.99 Å². The summed E-state index contributed by atoms with van der Waals surface area (Å²) in [7, 11) is 1.95. The van der Waals surface area contributed by atoms with E-state index in [-0.39, 0.29) is 24.0 Å². The van der Waals surface area contributed by atoms with E-state index < -0.39 is 0 Å². The van der Waals surface area contributed by atoms with Crippen molar-refractivity contribution in [2.24, 2.45) is 12.0 Å². The molecule has 0 saturated carbocycles. The number of halogens is 1. The lowest BCUT2D eigenvalue weighted by Gasteiger charge is -2.11. The number of nitrogens with zero attached hydrogens (tertiary/aromatic N) is 3. The Morgan fingerprint density at radius 2 is 2.19 bits per heavy atom. The third-order valence-electron chi connectivity index (χ3n) is 3.99. The fraction of sp³-hybridized carbons (Fsp3) is 0.368. The standard InChI is InChI=1S/C19H25N5OS.HI/c1-3-18-15(14-24(2)23-18)12-21-19(22-13-17-7-5-11-26-17)20-9-8-16-6-4-10-25-16;/h4-7,10-11,14H,3,8-9,12-13H2,1-2H3,(H2,20,21,22);1H. The van der Waals surface area contributed by atoms with Crippen molar-refractivity contribution in [1.29, 1.82) is 0 Å². The predicted molar refractivity (Wildman–Crippen MR) is 121 cm³/mol. The first-order valence-corrected chi connectivity index (χ1v) is 9.71. The molecule has 0 aliphatic carbocycles. The largest absolute Gasteiger partial charge is 0.469 e. The molecular formula is C19H26IN5OS. The molecule has 0 amide bonds. The zero-order chi connectivity index (χ0) is 18.2. The van der Waals surface area contributed by atoms with E-state index in [1.807, 2.05) is 30.1 Å². The van der Waals surface area contributed by atoms with Gasteiger partial charge in [-0.15, -0.1) is 35.3 Å². The Kier molecular flexibility index (Phi) is 8.86. The summed E-state index contributed by atoms with van der Waals surface area (Å²) in [5.74, 6) is 1.77. The summed E-state index contributed by atoms with van der Waals surface area (Å²) in [5, 5.41) is 13.4. The van der Waals surface area contributed by atoms with Gasteiger partial charge in [0.15, 0.2) is 5.96 Å². The summed E-state index contributed by atoms with van der Waals surface area (Å²) in [5.41, 5.74) is 2.27. The van der Waals surface area contributed by atoms with Gasteiger partial charge in [-0.1, -0.05) is 13.0 Å². The fourth-order valence-corrected chi connectivity index (χ4v) is 3.34. The van der Waals surface area contributed by atoms with Gasteiger partial charge in [-0.2, -0.15) is 5.10 Å². The van der Waals surface area contributed by atoms with E-state index in [9.17, 15) is 0 Å². The number of thiophene rings is 1. The van der Waals surface area contributed by atoms with Crippen LogP contribution in [0.25, 0.3) is 0 Å². The highest BCUT2D eigenvalue weighted by molar-refractivity contribution is 14.0. The minimum absolute atomic E-state index is 0. The van der Waals surface area contributed by atoms with Crippen LogP contribution in [-0.2, 0) is 33.0 Å². The predicted octanol–water partition coefficient (Wildman–Crippen LogP) is 3.73. The van der Waals surface area contributed by atoms with E-state index >= 15 is 0 Å². The van der Waals surface area contributed by atoms with Crippen molar-refractivity contribution in [2.75, 3.05) is 6.54 Å². The van der Waals surface area contributed by atoms with Crippen molar-refractivity contribution in [1.82, 2.24) is 20.4 Å². The fourth-order valence-electron chi connectivity index (χ4n) is 2.69. The maximum absolute atomic E-state index is 5.39. The van der Waals surface area contributed by atoms with Gasteiger partial charge in [0.25, 0.3) is 0 Å². The first kappa shape index (κ1) is 21.5. The van der Waals surface area contributed by atoms with Crippen molar-refractivity contribution in [3.8, 4) is 0 Å². The minimum Gasteiger partial charge on any atom is -0.469 e. The van der Waals surface area contributed by atoms with Crippen LogP contribution in [0.4, 0.5) is 0 Å². The maximum Gasteiger partial charge on any atom is 0.191 e. The van der Waals surface area contributed by atoms with E-state index in [0.717, 1.165) is 43.3 Å². The number of hydrogen-bond acceptors (Lipinski definition) is 4. The molecule has 146 valence electrons. The van der Waals surface area contributed by atoms with Crippen molar-refractivity contribution in [2.45, 2.75) is 32.9 Å². The van der Waals surface area contributed by atoms with Gasteiger partial charge in [0.2, 0.25) is 0 Å².